The number of hydrogen-bond donors (Lipinski definition) is 3. The van der Waals surface area contributed by atoms with E-state index in [9.17, 15) is 8.42 Å². The Balaban J connectivity index is 1.85. The van der Waals surface area contributed by atoms with Crippen molar-refractivity contribution in [2.75, 3.05) is 25.0 Å². The lowest BCUT2D eigenvalue weighted by Gasteiger charge is -2.42. The van der Waals surface area contributed by atoms with Gasteiger partial charge in [-0.15, -0.1) is 0 Å². The summed E-state index contributed by atoms with van der Waals surface area (Å²) < 4.78 is 28.4. The van der Waals surface area contributed by atoms with E-state index in [1.807, 2.05) is 36.4 Å². The Labute approximate surface area is 220 Å². The molecule has 0 radical (unpaired) electrons. The van der Waals surface area contributed by atoms with Crippen LogP contribution in [0.25, 0.3) is 0 Å². The predicted octanol–water partition coefficient (Wildman–Crippen LogP) is 6.19. The van der Waals surface area contributed by atoms with E-state index in [1.54, 1.807) is 20.0 Å². The molecule has 0 spiro atoms. The zero-order valence-corrected chi connectivity index (χ0v) is 22.5. The molecule has 1 saturated heterocycles. The van der Waals surface area contributed by atoms with Crippen LogP contribution >= 0.6 is 46.4 Å². The molecule has 184 valence electrons. The lowest BCUT2D eigenvalue weighted by Crippen LogP contribution is -2.43. The van der Waals surface area contributed by atoms with Gasteiger partial charge >= 0.3 is 0 Å². The molecule has 1 fully saturated rings. The van der Waals surface area contributed by atoms with Gasteiger partial charge in [-0.25, -0.2) is 13.1 Å². The van der Waals surface area contributed by atoms with Crippen LogP contribution < -0.4 is 14.9 Å². The van der Waals surface area contributed by atoms with Crippen molar-refractivity contribution in [3.63, 3.8) is 0 Å². The number of nitrogens with one attached hydrogen (secondary N) is 3. The molecule has 2 atom stereocenters. The first kappa shape index (κ1) is 27.1. The minimum atomic E-state index is -3.96. The quantitative estimate of drug-likeness (QED) is 0.334. The highest BCUT2D eigenvalue weighted by atomic mass is 35.5. The van der Waals surface area contributed by atoms with E-state index in [1.165, 1.54) is 0 Å². The molecule has 0 aliphatic carbocycles. The van der Waals surface area contributed by atoms with Crippen molar-refractivity contribution in [2.45, 2.75) is 25.8 Å². The Morgan fingerprint density at radius 1 is 1.09 bits per heavy atom. The van der Waals surface area contributed by atoms with Crippen LogP contribution in [0.2, 0.25) is 15.1 Å². The minimum Gasteiger partial charge on any atom is -0.390 e. The lowest BCUT2D eigenvalue weighted by molar-refractivity contribution is 0.358. The van der Waals surface area contributed by atoms with Crippen LogP contribution in [0.1, 0.15) is 31.4 Å². The second kappa shape index (κ2) is 11.5. The summed E-state index contributed by atoms with van der Waals surface area (Å²) >= 11 is 24.5. The molecule has 3 N–H and O–H groups in total. The standard InChI is InChI=1S/C23H26Cl4N4O2S/c1-14(29-2)22(23(27)28)34(32,33)30-12-15-3-10-21(19-9-6-17(25)11-20(19)26)31(13-15)18-7-4-16(24)5-8-18/h4-9,11,15,21,28-30H,3,10,12-13H2,1-2H3/b22-14+,28-23?. The van der Waals surface area contributed by atoms with E-state index in [4.69, 9.17) is 51.8 Å². The summed E-state index contributed by atoms with van der Waals surface area (Å²) in [6.45, 7) is 2.36. The van der Waals surface area contributed by atoms with Crippen molar-refractivity contribution in [2.24, 2.45) is 5.92 Å². The molecule has 1 aliphatic heterocycles. The zero-order valence-electron chi connectivity index (χ0n) is 18.7. The number of rotatable bonds is 8. The van der Waals surface area contributed by atoms with Gasteiger partial charge in [0.1, 0.15) is 10.1 Å². The number of allylic oxidation sites excluding steroid dienone is 2. The molecule has 2 aromatic rings. The van der Waals surface area contributed by atoms with E-state index in [0.717, 1.165) is 24.1 Å². The number of benzene rings is 2. The molecule has 3 rings (SSSR count). The Kier molecular flexibility index (Phi) is 9.17. The lowest BCUT2D eigenvalue weighted by atomic mass is 9.88. The fourth-order valence-corrected chi connectivity index (χ4v) is 6.57. The maximum atomic E-state index is 12.9. The number of anilines is 1. The van der Waals surface area contributed by atoms with Gasteiger partial charge < -0.3 is 10.2 Å². The molecule has 6 nitrogen and oxygen atoms in total. The summed E-state index contributed by atoms with van der Waals surface area (Å²) in [6, 6.07) is 13.0. The zero-order chi connectivity index (χ0) is 25.0. The average Bonchev–Trinajstić information content (AvgIpc) is 2.78. The van der Waals surface area contributed by atoms with Crippen molar-refractivity contribution in [3.8, 4) is 0 Å². The van der Waals surface area contributed by atoms with E-state index in [2.05, 4.69) is 14.9 Å². The Hall–Kier alpha value is -1.48. The van der Waals surface area contributed by atoms with Crippen LogP contribution in [-0.4, -0.2) is 33.7 Å². The summed E-state index contributed by atoms with van der Waals surface area (Å²) in [6.07, 6.45) is 1.54. The van der Waals surface area contributed by atoms with E-state index < -0.39 is 15.2 Å². The van der Waals surface area contributed by atoms with Crippen molar-refractivity contribution < 1.29 is 8.42 Å². The molecule has 2 unspecified atom stereocenters. The molecular formula is C23H26Cl4N4O2S. The Bertz CT molecular complexity index is 1190. The Morgan fingerprint density at radius 3 is 2.32 bits per heavy atom. The second-order valence-corrected chi connectivity index (χ2v) is 11.5. The molecule has 34 heavy (non-hydrogen) atoms. The Morgan fingerprint density at radius 2 is 1.74 bits per heavy atom. The van der Waals surface area contributed by atoms with Gasteiger partial charge in [-0.05, 0) is 67.6 Å². The highest BCUT2D eigenvalue weighted by Gasteiger charge is 2.32. The molecule has 11 heteroatoms. The first-order chi connectivity index (χ1) is 16.0. The molecule has 0 saturated carbocycles. The number of nitrogens with zero attached hydrogens (tertiary/aromatic N) is 1. The van der Waals surface area contributed by atoms with Gasteiger partial charge in [-0.2, -0.15) is 0 Å². The fourth-order valence-electron chi connectivity index (χ4n) is 4.12. The molecule has 1 aliphatic rings. The van der Waals surface area contributed by atoms with Crippen LogP contribution in [0.15, 0.2) is 53.1 Å². The molecule has 1 heterocycles. The third kappa shape index (κ3) is 6.39. The summed E-state index contributed by atoms with van der Waals surface area (Å²) in [5.41, 5.74) is 2.23. The van der Waals surface area contributed by atoms with Gasteiger partial charge in [-0.3, -0.25) is 5.41 Å². The highest BCUT2D eigenvalue weighted by Crippen LogP contribution is 2.40. The summed E-state index contributed by atoms with van der Waals surface area (Å²) in [5.74, 6) is 0.0217. The second-order valence-electron chi connectivity index (χ2n) is 8.12. The van der Waals surface area contributed by atoms with Gasteiger partial charge in [0.15, 0.2) is 0 Å². The van der Waals surface area contributed by atoms with Crippen molar-refractivity contribution >= 4 is 67.3 Å². The number of halogens is 4. The monoisotopic (exact) mass is 562 g/mol. The van der Waals surface area contributed by atoms with Crippen molar-refractivity contribution in [1.82, 2.24) is 10.0 Å². The van der Waals surface area contributed by atoms with Crippen molar-refractivity contribution in [1.29, 1.82) is 5.41 Å². The summed E-state index contributed by atoms with van der Waals surface area (Å²) in [4.78, 5) is 1.96. The number of hydrogen-bond acceptors (Lipinski definition) is 5. The van der Waals surface area contributed by atoms with Gasteiger partial charge in [-0.1, -0.05) is 52.5 Å². The van der Waals surface area contributed by atoms with E-state index in [-0.39, 0.29) is 23.4 Å². The maximum Gasteiger partial charge on any atom is 0.245 e. The molecule has 0 bridgehead atoms. The van der Waals surface area contributed by atoms with Gasteiger partial charge in [0, 0.05) is 46.6 Å². The van der Waals surface area contributed by atoms with Gasteiger partial charge in [0.2, 0.25) is 10.0 Å². The SMILES string of the molecule is CN/C(C)=C(\C(=N)Cl)S(=O)(=O)NCC1CCC(c2ccc(Cl)cc2Cl)N(c2ccc(Cl)cc2)C1. The fraction of sp³-hybridized carbons (Fsp3) is 0.348. The van der Waals surface area contributed by atoms with E-state index in [0.29, 0.717) is 27.3 Å². The first-order valence-electron chi connectivity index (χ1n) is 10.6. The topological polar surface area (TPSA) is 85.3 Å². The third-order valence-electron chi connectivity index (χ3n) is 5.90. The van der Waals surface area contributed by atoms with Crippen LogP contribution in [-0.2, 0) is 10.0 Å². The van der Waals surface area contributed by atoms with Crippen LogP contribution in [0.5, 0.6) is 0 Å². The molecule has 0 aromatic heterocycles. The largest absolute Gasteiger partial charge is 0.390 e. The maximum absolute atomic E-state index is 12.9. The van der Waals surface area contributed by atoms with Crippen molar-refractivity contribution in [3.05, 3.63) is 73.7 Å². The average molecular weight is 564 g/mol. The molecule has 2 aromatic carbocycles. The van der Waals surface area contributed by atoms with E-state index >= 15 is 0 Å². The smallest absolute Gasteiger partial charge is 0.245 e. The molecular weight excluding hydrogens is 538 g/mol. The van der Waals surface area contributed by atoms with Gasteiger partial charge in [0.05, 0.1) is 6.04 Å². The highest BCUT2D eigenvalue weighted by molar-refractivity contribution is 7.94. The molecule has 0 amide bonds. The number of sulfonamides is 1. The normalized spacial score (nSPS) is 19.5. The predicted molar refractivity (Wildman–Crippen MR) is 143 cm³/mol. The minimum absolute atomic E-state index is 0.00295. The van der Waals surface area contributed by atoms with Crippen LogP contribution in [0.3, 0.4) is 0 Å². The van der Waals surface area contributed by atoms with Gasteiger partial charge in [0.25, 0.3) is 0 Å². The third-order valence-corrected chi connectivity index (χ3v) is 8.61. The van der Waals surface area contributed by atoms with Crippen LogP contribution in [0.4, 0.5) is 5.69 Å². The summed E-state index contributed by atoms with van der Waals surface area (Å²) in [7, 11) is -2.38. The van der Waals surface area contributed by atoms with Crippen LogP contribution in [0, 0.1) is 11.3 Å². The number of piperidine rings is 1. The first-order valence-corrected chi connectivity index (χ1v) is 13.6. The summed E-state index contributed by atoms with van der Waals surface area (Å²) in [5, 5.41) is 11.7.